The second-order valence-corrected chi connectivity index (χ2v) is 4.93. The number of thiophene rings is 1. The summed E-state index contributed by atoms with van der Waals surface area (Å²) in [5, 5.41) is 11.0. The van der Waals surface area contributed by atoms with E-state index in [0.29, 0.717) is 10.4 Å². The van der Waals surface area contributed by atoms with E-state index in [-0.39, 0.29) is 11.3 Å². The number of benzene rings is 1. The van der Waals surface area contributed by atoms with E-state index in [1.54, 1.807) is 6.07 Å². The SMILES string of the molecule is COC(=O)c1ccc2sc(C)c(Cl)c2c1O. The first kappa shape index (κ1) is 11.2. The molecule has 0 atom stereocenters. The molecule has 0 amide bonds. The number of halogens is 1. The fourth-order valence-corrected chi connectivity index (χ4v) is 2.85. The van der Waals surface area contributed by atoms with E-state index in [1.165, 1.54) is 24.5 Å². The van der Waals surface area contributed by atoms with Gasteiger partial charge in [-0.2, -0.15) is 0 Å². The lowest BCUT2D eigenvalue weighted by molar-refractivity contribution is 0.0598. The summed E-state index contributed by atoms with van der Waals surface area (Å²) in [5.74, 6) is -0.682. The predicted molar refractivity (Wildman–Crippen MR) is 64.6 cm³/mol. The molecule has 1 heterocycles. The first-order valence-electron chi connectivity index (χ1n) is 4.55. The normalized spacial score (nSPS) is 10.7. The van der Waals surface area contributed by atoms with Crippen molar-refractivity contribution < 1.29 is 14.6 Å². The highest BCUT2D eigenvalue weighted by Gasteiger charge is 2.18. The highest BCUT2D eigenvalue weighted by atomic mass is 35.5. The molecule has 0 saturated carbocycles. The molecule has 3 nitrogen and oxygen atoms in total. The lowest BCUT2D eigenvalue weighted by atomic mass is 10.1. The number of aromatic hydroxyl groups is 1. The van der Waals surface area contributed by atoms with Crippen LogP contribution in [0, 0.1) is 6.92 Å². The number of hydrogen-bond donors (Lipinski definition) is 1. The summed E-state index contributed by atoms with van der Waals surface area (Å²) < 4.78 is 5.43. The maximum Gasteiger partial charge on any atom is 0.341 e. The number of ether oxygens (including phenoxy) is 1. The van der Waals surface area contributed by atoms with Gasteiger partial charge in [0.05, 0.1) is 17.5 Å². The van der Waals surface area contributed by atoms with Gasteiger partial charge in [0.15, 0.2) is 0 Å². The molecule has 1 N–H and O–H groups in total. The second kappa shape index (κ2) is 3.96. The Bertz CT molecular complexity index is 574. The Morgan fingerprint density at radius 1 is 1.50 bits per heavy atom. The van der Waals surface area contributed by atoms with Crippen molar-refractivity contribution in [3.63, 3.8) is 0 Å². The van der Waals surface area contributed by atoms with Crippen LogP contribution >= 0.6 is 22.9 Å². The first-order chi connectivity index (χ1) is 7.56. The van der Waals surface area contributed by atoms with E-state index < -0.39 is 5.97 Å². The standard InChI is InChI=1S/C11H9ClO3S/c1-5-9(12)8-7(16-5)4-3-6(10(8)13)11(14)15-2/h3-4,13H,1-2H3. The summed E-state index contributed by atoms with van der Waals surface area (Å²) in [4.78, 5) is 12.3. The fraction of sp³-hybridized carbons (Fsp3) is 0.182. The second-order valence-electron chi connectivity index (χ2n) is 3.30. The summed E-state index contributed by atoms with van der Waals surface area (Å²) in [6.45, 7) is 1.87. The van der Waals surface area contributed by atoms with Crippen LogP contribution in [0.25, 0.3) is 10.1 Å². The monoisotopic (exact) mass is 256 g/mol. The Morgan fingerprint density at radius 2 is 2.19 bits per heavy atom. The third kappa shape index (κ3) is 1.54. The smallest absolute Gasteiger partial charge is 0.341 e. The van der Waals surface area contributed by atoms with Crippen molar-refractivity contribution in [3.8, 4) is 5.75 Å². The van der Waals surface area contributed by atoms with E-state index in [2.05, 4.69) is 4.74 Å². The lowest BCUT2D eigenvalue weighted by Gasteiger charge is -2.03. The van der Waals surface area contributed by atoms with Gasteiger partial charge in [-0.3, -0.25) is 0 Å². The number of esters is 1. The van der Waals surface area contributed by atoms with Crippen molar-refractivity contribution >= 4 is 39.0 Å². The number of phenolic OH excluding ortho intramolecular Hbond substituents is 1. The molecule has 1 aromatic carbocycles. The van der Waals surface area contributed by atoms with Gasteiger partial charge < -0.3 is 9.84 Å². The van der Waals surface area contributed by atoms with Crippen molar-refractivity contribution in [1.82, 2.24) is 0 Å². The molecule has 1 aromatic heterocycles. The van der Waals surface area contributed by atoms with Crippen LogP contribution in [0.15, 0.2) is 12.1 Å². The highest BCUT2D eigenvalue weighted by Crippen LogP contribution is 2.41. The maximum atomic E-state index is 11.4. The van der Waals surface area contributed by atoms with E-state index in [9.17, 15) is 9.90 Å². The van der Waals surface area contributed by atoms with Crippen LogP contribution in [-0.2, 0) is 4.74 Å². The Kier molecular flexibility index (Phi) is 2.78. The molecule has 5 heteroatoms. The van der Waals surface area contributed by atoms with Crippen molar-refractivity contribution in [3.05, 3.63) is 27.6 Å². The average molecular weight is 257 g/mol. The van der Waals surface area contributed by atoms with Gasteiger partial charge in [-0.1, -0.05) is 11.6 Å². The molecule has 0 bridgehead atoms. The average Bonchev–Trinajstić information content (AvgIpc) is 2.55. The Balaban J connectivity index is 2.78. The number of carbonyl (C=O) groups is 1. The minimum atomic E-state index is -0.570. The minimum absolute atomic E-state index is 0.112. The molecule has 0 aliphatic rings. The molecule has 0 spiro atoms. The summed E-state index contributed by atoms with van der Waals surface area (Å²) in [6.07, 6.45) is 0. The lowest BCUT2D eigenvalue weighted by Crippen LogP contribution is -2.01. The van der Waals surface area contributed by atoms with E-state index >= 15 is 0 Å². The quantitative estimate of drug-likeness (QED) is 0.796. The number of fused-ring (bicyclic) bond motifs is 1. The molecule has 2 rings (SSSR count). The molecular weight excluding hydrogens is 248 g/mol. The van der Waals surface area contributed by atoms with Crippen LogP contribution in [0.5, 0.6) is 5.75 Å². The number of phenols is 1. The van der Waals surface area contributed by atoms with Crippen LogP contribution < -0.4 is 0 Å². The van der Waals surface area contributed by atoms with Crippen LogP contribution in [0.4, 0.5) is 0 Å². The minimum Gasteiger partial charge on any atom is -0.506 e. The van der Waals surface area contributed by atoms with E-state index in [4.69, 9.17) is 11.6 Å². The summed E-state index contributed by atoms with van der Waals surface area (Å²) in [5.41, 5.74) is 0.134. The molecule has 0 unspecified atom stereocenters. The van der Waals surface area contributed by atoms with Crippen LogP contribution in [-0.4, -0.2) is 18.2 Å². The molecule has 16 heavy (non-hydrogen) atoms. The highest BCUT2D eigenvalue weighted by molar-refractivity contribution is 7.19. The van der Waals surface area contributed by atoms with Gasteiger partial charge in [0.1, 0.15) is 11.3 Å². The number of carbonyl (C=O) groups excluding carboxylic acids is 1. The zero-order valence-electron chi connectivity index (χ0n) is 8.70. The maximum absolute atomic E-state index is 11.4. The van der Waals surface area contributed by atoms with Crippen molar-refractivity contribution in [2.75, 3.05) is 7.11 Å². The topological polar surface area (TPSA) is 46.5 Å². The van der Waals surface area contributed by atoms with E-state index in [0.717, 1.165) is 9.58 Å². The van der Waals surface area contributed by atoms with Crippen LogP contribution in [0.2, 0.25) is 5.02 Å². The molecular formula is C11H9ClO3S. The largest absolute Gasteiger partial charge is 0.506 e. The van der Waals surface area contributed by atoms with Crippen molar-refractivity contribution in [1.29, 1.82) is 0 Å². The van der Waals surface area contributed by atoms with Gasteiger partial charge in [0, 0.05) is 9.58 Å². The van der Waals surface area contributed by atoms with Crippen LogP contribution in [0.3, 0.4) is 0 Å². The molecule has 0 radical (unpaired) electrons. The van der Waals surface area contributed by atoms with E-state index in [1.807, 2.05) is 6.92 Å². The zero-order chi connectivity index (χ0) is 11.9. The van der Waals surface area contributed by atoms with Gasteiger partial charge in [0.2, 0.25) is 0 Å². The van der Waals surface area contributed by atoms with Gasteiger partial charge in [-0.25, -0.2) is 4.79 Å². The molecule has 0 aliphatic heterocycles. The predicted octanol–water partition coefficient (Wildman–Crippen LogP) is 3.36. The third-order valence-corrected chi connectivity index (χ3v) is 3.99. The van der Waals surface area contributed by atoms with Gasteiger partial charge >= 0.3 is 5.97 Å². The number of hydrogen-bond acceptors (Lipinski definition) is 4. The molecule has 2 aromatic rings. The first-order valence-corrected chi connectivity index (χ1v) is 5.74. The third-order valence-electron chi connectivity index (χ3n) is 2.34. The molecule has 0 aliphatic carbocycles. The van der Waals surface area contributed by atoms with Crippen molar-refractivity contribution in [2.45, 2.75) is 6.92 Å². The Morgan fingerprint density at radius 3 is 2.81 bits per heavy atom. The molecule has 84 valence electrons. The number of methoxy groups -OCH3 is 1. The number of aryl methyl sites for hydroxylation is 1. The summed E-state index contributed by atoms with van der Waals surface area (Å²) in [7, 11) is 1.27. The molecule has 0 saturated heterocycles. The zero-order valence-corrected chi connectivity index (χ0v) is 10.3. The molecule has 0 fully saturated rings. The van der Waals surface area contributed by atoms with Crippen molar-refractivity contribution in [2.24, 2.45) is 0 Å². The summed E-state index contributed by atoms with van der Waals surface area (Å²) in [6, 6.07) is 3.29. The Labute approximate surface area is 101 Å². The Hall–Kier alpha value is -1.26. The van der Waals surface area contributed by atoms with Gasteiger partial charge in [-0.05, 0) is 19.1 Å². The fourth-order valence-electron chi connectivity index (χ4n) is 1.53. The van der Waals surface area contributed by atoms with Gasteiger partial charge in [-0.15, -0.1) is 11.3 Å². The summed E-state index contributed by atoms with van der Waals surface area (Å²) >= 11 is 7.54. The number of rotatable bonds is 1. The van der Waals surface area contributed by atoms with Crippen LogP contribution in [0.1, 0.15) is 15.2 Å². The van der Waals surface area contributed by atoms with Gasteiger partial charge in [0.25, 0.3) is 0 Å².